The van der Waals surface area contributed by atoms with E-state index in [9.17, 15) is 8.78 Å². The topological polar surface area (TPSA) is 66.4 Å². The predicted octanol–water partition coefficient (Wildman–Crippen LogP) is 4.46. The maximum Gasteiger partial charge on any atom is 0.286 e. The SMILES string of the molecule is COc1ccc(-c2cccnc2Oc2ccc(C(C)(F)F)nc2)c(OC)n1. The van der Waals surface area contributed by atoms with Gasteiger partial charge in [0.25, 0.3) is 5.92 Å². The Morgan fingerprint density at radius 1 is 0.889 bits per heavy atom. The second kappa shape index (κ2) is 7.53. The highest BCUT2D eigenvalue weighted by Crippen LogP contribution is 2.37. The Hall–Kier alpha value is -3.29. The molecule has 0 aliphatic heterocycles. The summed E-state index contributed by atoms with van der Waals surface area (Å²) in [5, 5.41) is 0. The van der Waals surface area contributed by atoms with Crippen molar-refractivity contribution in [3.05, 3.63) is 54.5 Å². The van der Waals surface area contributed by atoms with Crippen LogP contribution in [0, 0.1) is 0 Å². The monoisotopic (exact) mass is 373 g/mol. The molecule has 6 nitrogen and oxygen atoms in total. The fraction of sp³-hybridized carbons (Fsp3) is 0.211. The van der Waals surface area contributed by atoms with Gasteiger partial charge in [0.15, 0.2) is 0 Å². The summed E-state index contributed by atoms with van der Waals surface area (Å²) in [4.78, 5) is 12.2. The first-order valence-electron chi connectivity index (χ1n) is 7.99. The van der Waals surface area contributed by atoms with Crippen LogP contribution in [0.2, 0.25) is 0 Å². The summed E-state index contributed by atoms with van der Waals surface area (Å²) >= 11 is 0. The second-order valence-corrected chi connectivity index (χ2v) is 5.64. The fourth-order valence-corrected chi connectivity index (χ4v) is 2.39. The zero-order valence-corrected chi connectivity index (χ0v) is 14.9. The first kappa shape index (κ1) is 18.5. The zero-order chi connectivity index (χ0) is 19.4. The van der Waals surface area contributed by atoms with E-state index in [2.05, 4.69) is 15.0 Å². The number of aromatic nitrogens is 3. The van der Waals surface area contributed by atoms with Gasteiger partial charge in [-0.25, -0.2) is 4.98 Å². The molecule has 0 bridgehead atoms. The van der Waals surface area contributed by atoms with Gasteiger partial charge in [-0.15, -0.1) is 0 Å². The van der Waals surface area contributed by atoms with Crippen LogP contribution in [-0.4, -0.2) is 29.2 Å². The van der Waals surface area contributed by atoms with Crippen molar-refractivity contribution in [3.63, 3.8) is 0 Å². The number of ether oxygens (including phenoxy) is 3. The van der Waals surface area contributed by atoms with Crippen LogP contribution in [0.25, 0.3) is 11.1 Å². The highest BCUT2D eigenvalue weighted by atomic mass is 19.3. The standard InChI is InChI=1S/C19H17F2N3O3/c1-19(20,21)15-8-6-12(11-23-15)27-17-13(5-4-10-22-17)14-7-9-16(25-2)24-18(14)26-3/h4-11H,1-3H3. The molecule has 0 saturated heterocycles. The van der Waals surface area contributed by atoms with Crippen LogP contribution in [0.3, 0.4) is 0 Å². The van der Waals surface area contributed by atoms with Crippen molar-refractivity contribution in [2.24, 2.45) is 0 Å². The Bertz CT molecular complexity index is 928. The van der Waals surface area contributed by atoms with E-state index in [-0.39, 0.29) is 17.3 Å². The Labute approximate surface area is 154 Å². The molecule has 0 N–H and O–H groups in total. The lowest BCUT2D eigenvalue weighted by atomic mass is 10.1. The number of halogens is 2. The van der Waals surface area contributed by atoms with Crippen LogP contribution >= 0.6 is 0 Å². The van der Waals surface area contributed by atoms with Crippen molar-refractivity contribution >= 4 is 0 Å². The molecule has 0 unspecified atom stereocenters. The van der Waals surface area contributed by atoms with Crippen molar-refractivity contribution in [1.82, 2.24) is 15.0 Å². The molecule has 3 aromatic heterocycles. The van der Waals surface area contributed by atoms with Crippen molar-refractivity contribution in [3.8, 4) is 34.5 Å². The van der Waals surface area contributed by atoms with Gasteiger partial charge in [0.1, 0.15) is 11.4 Å². The van der Waals surface area contributed by atoms with E-state index in [1.807, 2.05) is 0 Å². The molecule has 0 atom stereocenters. The Morgan fingerprint density at radius 3 is 2.30 bits per heavy atom. The largest absolute Gasteiger partial charge is 0.481 e. The fourth-order valence-electron chi connectivity index (χ4n) is 2.39. The van der Waals surface area contributed by atoms with Gasteiger partial charge >= 0.3 is 0 Å². The normalized spacial score (nSPS) is 11.1. The number of hydrogen-bond donors (Lipinski definition) is 0. The molecular weight excluding hydrogens is 356 g/mol. The van der Waals surface area contributed by atoms with Crippen LogP contribution in [0.15, 0.2) is 48.8 Å². The van der Waals surface area contributed by atoms with Gasteiger partial charge in [0.2, 0.25) is 17.6 Å². The van der Waals surface area contributed by atoms with Crippen molar-refractivity contribution in [2.75, 3.05) is 14.2 Å². The average molecular weight is 373 g/mol. The predicted molar refractivity (Wildman–Crippen MR) is 94.5 cm³/mol. The van der Waals surface area contributed by atoms with E-state index in [0.717, 1.165) is 6.92 Å². The first-order valence-corrected chi connectivity index (χ1v) is 7.99. The lowest BCUT2D eigenvalue weighted by Gasteiger charge is -2.13. The lowest BCUT2D eigenvalue weighted by molar-refractivity contribution is 0.0127. The lowest BCUT2D eigenvalue weighted by Crippen LogP contribution is -2.09. The summed E-state index contributed by atoms with van der Waals surface area (Å²) in [5.74, 6) is -1.73. The van der Waals surface area contributed by atoms with Crippen molar-refractivity contribution in [2.45, 2.75) is 12.8 Å². The van der Waals surface area contributed by atoms with E-state index >= 15 is 0 Å². The van der Waals surface area contributed by atoms with Crippen molar-refractivity contribution in [1.29, 1.82) is 0 Å². The first-order chi connectivity index (χ1) is 12.9. The third-order valence-electron chi connectivity index (χ3n) is 3.70. The second-order valence-electron chi connectivity index (χ2n) is 5.64. The summed E-state index contributed by atoms with van der Waals surface area (Å²) < 4.78 is 42.8. The number of pyridine rings is 3. The molecule has 3 rings (SSSR count). The van der Waals surface area contributed by atoms with E-state index in [4.69, 9.17) is 14.2 Å². The molecule has 3 heterocycles. The van der Waals surface area contributed by atoms with Crippen LogP contribution in [-0.2, 0) is 5.92 Å². The van der Waals surface area contributed by atoms with Gasteiger partial charge in [-0.1, -0.05) is 0 Å². The van der Waals surface area contributed by atoms with Gasteiger partial charge in [-0.3, -0.25) is 4.98 Å². The molecular formula is C19H17F2N3O3. The molecule has 3 aromatic rings. The molecule has 0 aliphatic carbocycles. The number of rotatable bonds is 6. The number of nitrogens with zero attached hydrogens (tertiary/aromatic N) is 3. The average Bonchev–Trinajstić information content (AvgIpc) is 2.67. The van der Waals surface area contributed by atoms with Crippen LogP contribution in [0.4, 0.5) is 8.78 Å². The highest BCUT2D eigenvalue weighted by Gasteiger charge is 2.26. The molecule has 0 amide bonds. The highest BCUT2D eigenvalue weighted by molar-refractivity contribution is 5.73. The molecule has 0 aliphatic rings. The molecule has 0 fully saturated rings. The van der Waals surface area contributed by atoms with Gasteiger partial charge in [0.05, 0.1) is 20.4 Å². The van der Waals surface area contributed by atoms with Gasteiger partial charge in [-0.05, 0) is 30.3 Å². The summed E-state index contributed by atoms with van der Waals surface area (Å²) in [7, 11) is 3.01. The van der Waals surface area contributed by atoms with E-state index in [0.29, 0.717) is 22.9 Å². The van der Waals surface area contributed by atoms with E-state index < -0.39 is 5.92 Å². The van der Waals surface area contributed by atoms with E-state index in [1.54, 1.807) is 30.5 Å². The Balaban J connectivity index is 1.95. The molecule has 8 heteroatoms. The van der Waals surface area contributed by atoms with Gasteiger partial charge in [-0.2, -0.15) is 13.8 Å². The summed E-state index contributed by atoms with van der Waals surface area (Å²) in [5.41, 5.74) is 0.928. The molecule has 0 saturated carbocycles. The summed E-state index contributed by atoms with van der Waals surface area (Å²) in [6.07, 6.45) is 2.79. The quantitative estimate of drug-likeness (QED) is 0.636. The molecule has 140 valence electrons. The minimum Gasteiger partial charge on any atom is -0.481 e. The molecule has 0 aromatic carbocycles. The minimum absolute atomic E-state index is 0.264. The van der Waals surface area contributed by atoms with Gasteiger partial charge < -0.3 is 14.2 Å². The van der Waals surface area contributed by atoms with Crippen LogP contribution in [0.5, 0.6) is 23.4 Å². The van der Waals surface area contributed by atoms with Crippen LogP contribution < -0.4 is 14.2 Å². The van der Waals surface area contributed by atoms with Crippen LogP contribution in [0.1, 0.15) is 12.6 Å². The number of methoxy groups -OCH3 is 2. The summed E-state index contributed by atoms with van der Waals surface area (Å²) in [6, 6.07) is 9.62. The smallest absolute Gasteiger partial charge is 0.286 e. The molecule has 0 spiro atoms. The van der Waals surface area contributed by atoms with Crippen molar-refractivity contribution < 1.29 is 23.0 Å². The van der Waals surface area contributed by atoms with E-state index in [1.165, 1.54) is 32.5 Å². The third-order valence-corrected chi connectivity index (χ3v) is 3.70. The van der Waals surface area contributed by atoms with Gasteiger partial charge in [0, 0.05) is 30.3 Å². The maximum atomic E-state index is 13.3. The zero-order valence-electron chi connectivity index (χ0n) is 14.9. The minimum atomic E-state index is -3.02. The Kier molecular flexibility index (Phi) is 5.16. The third kappa shape index (κ3) is 4.11. The number of hydrogen-bond acceptors (Lipinski definition) is 6. The Morgan fingerprint density at radius 2 is 1.67 bits per heavy atom. The molecule has 0 radical (unpaired) electrons. The number of alkyl halides is 2. The summed E-state index contributed by atoms with van der Waals surface area (Å²) in [6.45, 7) is 0.787. The maximum absolute atomic E-state index is 13.3. The molecule has 27 heavy (non-hydrogen) atoms.